The van der Waals surface area contributed by atoms with Crippen LogP contribution in [0.3, 0.4) is 0 Å². The van der Waals surface area contributed by atoms with Crippen molar-refractivity contribution in [3.05, 3.63) is 0 Å². The van der Waals surface area contributed by atoms with Crippen molar-refractivity contribution in [1.29, 1.82) is 0 Å². The van der Waals surface area contributed by atoms with E-state index < -0.39 is 0 Å². The molecule has 2 saturated carbocycles. The molecule has 0 aromatic rings. The molecular formula is C20H35NO2. The number of hydrogen-bond acceptors (Lipinski definition) is 2. The van der Waals surface area contributed by atoms with Gasteiger partial charge in [0.25, 0.3) is 0 Å². The van der Waals surface area contributed by atoms with Crippen LogP contribution in [0.1, 0.15) is 73.1 Å². The molecule has 3 rings (SSSR count). The van der Waals surface area contributed by atoms with Crippen molar-refractivity contribution >= 4 is 5.91 Å². The first-order valence-corrected chi connectivity index (χ1v) is 9.72. The molecule has 0 aromatic carbocycles. The molecule has 2 aliphatic carbocycles. The molecule has 0 aromatic heterocycles. The SMILES string of the molecule is CCC[C@H]1OCCC23C[C@@H](C[C@H]12)C(C)(C)[C@@H]3NC(=O)CC(C)C. The molecule has 1 amide bonds. The van der Waals surface area contributed by atoms with Gasteiger partial charge in [0.1, 0.15) is 0 Å². The molecule has 132 valence electrons. The average molecular weight is 322 g/mol. The second-order valence-electron chi connectivity index (χ2n) is 9.34. The van der Waals surface area contributed by atoms with Crippen LogP contribution in [0.4, 0.5) is 0 Å². The number of ether oxygens (including phenoxy) is 1. The fourth-order valence-corrected chi connectivity index (χ4v) is 6.07. The maximum Gasteiger partial charge on any atom is 0.220 e. The number of hydrogen-bond donors (Lipinski definition) is 1. The molecule has 1 saturated heterocycles. The lowest BCUT2D eigenvalue weighted by Gasteiger charge is -2.53. The molecule has 2 bridgehead atoms. The number of carbonyl (C=O) groups excluding carboxylic acids is 1. The molecule has 3 heteroatoms. The zero-order chi connectivity index (χ0) is 16.8. The summed E-state index contributed by atoms with van der Waals surface area (Å²) in [5, 5.41) is 3.49. The molecule has 3 fully saturated rings. The molecule has 23 heavy (non-hydrogen) atoms. The van der Waals surface area contributed by atoms with E-state index in [1.165, 1.54) is 25.7 Å². The van der Waals surface area contributed by atoms with Crippen molar-refractivity contribution in [1.82, 2.24) is 5.32 Å². The fraction of sp³-hybridized carbons (Fsp3) is 0.950. The summed E-state index contributed by atoms with van der Waals surface area (Å²) in [4.78, 5) is 12.5. The summed E-state index contributed by atoms with van der Waals surface area (Å²) < 4.78 is 6.15. The van der Waals surface area contributed by atoms with Crippen LogP contribution in [0.5, 0.6) is 0 Å². The molecule has 1 spiro atoms. The summed E-state index contributed by atoms with van der Waals surface area (Å²) in [5.74, 6) is 2.06. The predicted octanol–water partition coefficient (Wildman–Crippen LogP) is 4.16. The Morgan fingerprint density at radius 2 is 2.09 bits per heavy atom. The Morgan fingerprint density at radius 1 is 1.35 bits per heavy atom. The Morgan fingerprint density at radius 3 is 2.74 bits per heavy atom. The third-order valence-corrected chi connectivity index (χ3v) is 7.09. The Labute approximate surface area is 141 Å². The second-order valence-corrected chi connectivity index (χ2v) is 9.34. The van der Waals surface area contributed by atoms with Gasteiger partial charge in [-0.3, -0.25) is 4.79 Å². The first-order chi connectivity index (χ1) is 10.8. The Hall–Kier alpha value is -0.570. The quantitative estimate of drug-likeness (QED) is 0.826. The number of fused-ring (bicyclic) bond motifs is 1. The first kappa shape index (κ1) is 17.3. The molecular weight excluding hydrogens is 286 g/mol. The van der Waals surface area contributed by atoms with Crippen molar-refractivity contribution < 1.29 is 9.53 Å². The van der Waals surface area contributed by atoms with E-state index in [9.17, 15) is 4.79 Å². The highest BCUT2D eigenvalue weighted by molar-refractivity contribution is 5.76. The molecule has 3 aliphatic rings. The Bertz CT molecular complexity index is 457. The van der Waals surface area contributed by atoms with Crippen LogP contribution in [0.25, 0.3) is 0 Å². The molecule has 1 aliphatic heterocycles. The zero-order valence-electron chi connectivity index (χ0n) is 15.7. The summed E-state index contributed by atoms with van der Waals surface area (Å²) in [6.45, 7) is 12.1. The van der Waals surface area contributed by atoms with Gasteiger partial charge in [-0.1, -0.05) is 41.0 Å². The minimum Gasteiger partial charge on any atom is -0.378 e. The third kappa shape index (κ3) is 2.73. The van der Waals surface area contributed by atoms with Gasteiger partial charge in [-0.25, -0.2) is 0 Å². The summed E-state index contributed by atoms with van der Waals surface area (Å²) >= 11 is 0. The normalized spacial score (nSPS) is 41.1. The number of rotatable bonds is 5. The van der Waals surface area contributed by atoms with Crippen molar-refractivity contribution in [2.75, 3.05) is 6.61 Å². The molecule has 1 unspecified atom stereocenters. The van der Waals surface area contributed by atoms with E-state index in [2.05, 4.69) is 39.9 Å². The van der Waals surface area contributed by atoms with Gasteiger partial charge in [0.15, 0.2) is 0 Å². The van der Waals surface area contributed by atoms with E-state index >= 15 is 0 Å². The maximum absolute atomic E-state index is 12.5. The van der Waals surface area contributed by atoms with Gasteiger partial charge in [-0.2, -0.15) is 0 Å². The lowest BCUT2D eigenvalue weighted by molar-refractivity contribution is -0.137. The molecule has 0 radical (unpaired) electrons. The van der Waals surface area contributed by atoms with E-state index in [0.29, 0.717) is 35.8 Å². The summed E-state index contributed by atoms with van der Waals surface area (Å²) in [7, 11) is 0. The summed E-state index contributed by atoms with van der Waals surface area (Å²) in [6.07, 6.45) is 7.15. The van der Waals surface area contributed by atoms with Crippen molar-refractivity contribution in [2.24, 2.45) is 28.6 Å². The van der Waals surface area contributed by atoms with Crippen LogP contribution in [0.2, 0.25) is 0 Å². The minimum absolute atomic E-state index is 0.219. The van der Waals surface area contributed by atoms with E-state index in [1.54, 1.807) is 0 Å². The maximum atomic E-state index is 12.5. The molecule has 1 N–H and O–H groups in total. The van der Waals surface area contributed by atoms with E-state index in [-0.39, 0.29) is 11.3 Å². The second kappa shape index (κ2) is 6.06. The highest BCUT2D eigenvalue weighted by Gasteiger charge is 2.68. The van der Waals surface area contributed by atoms with Gasteiger partial charge < -0.3 is 10.1 Å². The number of nitrogens with one attached hydrogen (secondary N) is 1. The van der Waals surface area contributed by atoms with E-state index in [4.69, 9.17) is 4.74 Å². The van der Waals surface area contributed by atoms with Crippen molar-refractivity contribution in [2.45, 2.75) is 85.3 Å². The van der Waals surface area contributed by atoms with Gasteiger partial charge in [0.05, 0.1) is 6.10 Å². The topological polar surface area (TPSA) is 38.3 Å². The Balaban J connectivity index is 1.84. The average Bonchev–Trinajstić information content (AvgIpc) is 2.93. The first-order valence-electron chi connectivity index (χ1n) is 9.72. The van der Waals surface area contributed by atoms with Crippen LogP contribution in [0.15, 0.2) is 0 Å². The van der Waals surface area contributed by atoms with Crippen molar-refractivity contribution in [3.8, 4) is 0 Å². The highest BCUT2D eigenvalue weighted by atomic mass is 16.5. The minimum atomic E-state index is 0.219. The summed E-state index contributed by atoms with van der Waals surface area (Å²) in [6, 6.07) is 0.327. The van der Waals surface area contributed by atoms with Gasteiger partial charge in [-0.05, 0) is 54.3 Å². The standard InChI is InChI=1S/C20H35NO2/c1-6-7-16-15-11-14-12-20(15,8-9-23-16)18(19(14,4)5)21-17(22)10-13(2)3/h13-16,18H,6-12H2,1-5H3,(H,21,22)/t14-,15-,16-,18+,20?/m1/s1. The van der Waals surface area contributed by atoms with Gasteiger partial charge >= 0.3 is 0 Å². The molecule has 1 heterocycles. The van der Waals surface area contributed by atoms with Crippen molar-refractivity contribution in [3.63, 3.8) is 0 Å². The molecule has 5 atom stereocenters. The lowest BCUT2D eigenvalue weighted by Crippen LogP contribution is -2.60. The van der Waals surface area contributed by atoms with Crippen LogP contribution < -0.4 is 5.32 Å². The monoisotopic (exact) mass is 321 g/mol. The zero-order valence-corrected chi connectivity index (χ0v) is 15.7. The van der Waals surface area contributed by atoms with Gasteiger partial charge in [0.2, 0.25) is 5.91 Å². The van der Waals surface area contributed by atoms with Crippen LogP contribution in [0, 0.1) is 28.6 Å². The summed E-state index contributed by atoms with van der Waals surface area (Å²) in [5.41, 5.74) is 0.510. The highest BCUT2D eigenvalue weighted by Crippen LogP contribution is 2.68. The predicted molar refractivity (Wildman–Crippen MR) is 93.1 cm³/mol. The number of carbonyl (C=O) groups is 1. The molecule has 3 nitrogen and oxygen atoms in total. The van der Waals surface area contributed by atoms with Gasteiger partial charge in [-0.15, -0.1) is 0 Å². The smallest absolute Gasteiger partial charge is 0.220 e. The number of amides is 1. The van der Waals surface area contributed by atoms with Gasteiger partial charge in [0, 0.05) is 19.1 Å². The van der Waals surface area contributed by atoms with Crippen LogP contribution in [-0.2, 0) is 9.53 Å². The largest absolute Gasteiger partial charge is 0.378 e. The van der Waals surface area contributed by atoms with Crippen LogP contribution in [-0.4, -0.2) is 24.7 Å². The van der Waals surface area contributed by atoms with E-state index in [1.807, 2.05) is 0 Å². The fourth-order valence-electron chi connectivity index (χ4n) is 6.07. The third-order valence-electron chi connectivity index (χ3n) is 7.09. The lowest BCUT2D eigenvalue weighted by atomic mass is 9.59. The van der Waals surface area contributed by atoms with Crippen LogP contribution >= 0.6 is 0 Å². The Kier molecular flexibility index (Phi) is 4.54. The van der Waals surface area contributed by atoms with E-state index in [0.717, 1.165) is 18.9 Å².